The van der Waals surface area contributed by atoms with Crippen LogP contribution in [0.5, 0.6) is 11.5 Å². The minimum Gasteiger partial charge on any atom is -0.497 e. The van der Waals surface area contributed by atoms with E-state index in [-0.39, 0.29) is 18.4 Å². The molecule has 1 N–H and O–H groups in total. The Kier molecular flexibility index (Phi) is 8.52. The van der Waals surface area contributed by atoms with Crippen LogP contribution in [0.2, 0.25) is 0 Å². The molecule has 0 aliphatic heterocycles. The molecular formula is C23H30N2O4. The maximum atomic E-state index is 13.0. The van der Waals surface area contributed by atoms with Gasteiger partial charge in [0.25, 0.3) is 5.91 Å². The van der Waals surface area contributed by atoms with Gasteiger partial charge in [-0.1, -0.05) is 38.1 Å². The van der Waals surface area contributed by atoms with Gasteiger partial charge in [-0.2, -0.15) is 0 Å². The van der Waals surface area contributed by atoms with Crippen LogP contribution in [-0.2, 0) is 22.6 Å². The van der Waals surface area contributed by atoms with E-state index in [4.69, 9.17) is 9.47 Å². The van der Waals surface area contributed by atoms with Crippen molar-refractivity contribution in [2.75, 3.05) is 20.8 Å². The first-order chi connectivity index (χ1) is 14.0. The van der Waals surface area contributed by atoms with E-state index >= 15 is 0 Å². The molecule has 2 rings (SSSR count). The fraction of sp³-hybridized carbons (Fsp3) is 0.391. The Hall–Kier alpha value is -3.02. The van der Waals surface area contributed by atoms with Gasteiger partial charge in [-0.25, -0.2) is 0 Å². The van der Waals surface area contributed by atoms with E-state index in [0.29, 0.717) is 18.7 Å². The van der Waals surface area contributed by atoms with Crippen molar-refractivity contribution in [2.45, 2.75) is 39.3 Å². The molecule has 2 amide bonds. The van der Waals surface area contributed by atoms with Crippen molar-refractivity contribution in [3.63, 3.8) is 0 Å². The lowest BCUT2D eigenvalue weighted by atomic mass is 10.1. The molecule has 0 bridgehead atoms. The SMILES string of the molecule is CCc1ccc(OCC(=O)N(Cc2ccc(OC)cc2)C(CC)C(=O)NC)cc1. The van der Waals surface area contributed by atoms with E-state index < -0.39 is 6.04 Å². The summed E-state index contributed by atoms with van der Waals surface area (Å²) < 4.78 is 10.9. The Balaban J connectivity index is 2.15. The highest BCUT2D eigenvalue weighted by molar-refractivity contribution is 5.88. The third-order valence-corrected chi connectivity index (χ3v) is 4.84. The lowest BCUT2D eigenvalue weighted by Crippen LogP contribution is -2.49. The van der Waals surface area contributed by atoms with Gasteiger partial charge < -0.3 is 19.7 Å². The third kappa shape index (κ3) is 6.24. The lowest BCUT2D eigenvalue weighted by molar-refractivity contribution is -0.142. The number of nitrogens with zero attached hydrogens (tertiary/aromatic N) is 1. The largest absolute Gasteiger partial charge is 0.497 e. The van der Waals surface area contributed by atoms with Crippen LogP contribution in [0.4, 0.5) is 0 Å². The van der Waals surface area contributed by atoms with Crippen molar-refractivity contribution < 1.29 is 19.1 Å². The molecule has 0 heterocycles. The zero-order chi connectivity index (χ0) is 21.2. The van der Waals surface area contributed by atoms with Gasteiger partial charge in [0.2, 0.25) is 5.91 Å². The molecule has 0 aliphatic rings. The number of benzene rings is 2. The van der Waals surface area contributed by atoms with Crippen molar-refractivity contribution in [2.24, 2.45) is 0 Å². The summed E-state index contributed by atoms with van der Waals surface area (Å²) in [5, 5.41) is 2.65. The number of hydrogen-bond acceptors (Lipinski definition) is 4. The monoisotopic (exact) mass is 398 g/mol. The summed E-state index contributed by atoms with van der Waals surface area (Å²) in [7, 11) is 3.18. The normalized spacial score (nSPS) is 11.4. The predicted molar refractivity (Wildman–Crippen MR) is 113 cm³/mol. The zero-order valence-electron chi connectivity index (χ0n) is 17.6. The molecule has 0 spiro atoms. The number of carbonyl (C=O) groups is 2. The summed E-state index contributed by atoms with van der Waals surface area (Å²) in [6.07, 6.45) is 1.45. The molecule has 2 aromatic carbocycles. The average molecular weight is 399 g/mol. The molecule has 0 saturated heterocycles. The van der Waals surface area contributed by atoms with Gasteiger partial charge in [-0.05, 0) is 48.2 Å². The van der Waals surface area contributed by atoms with E-state index in [1.807, 2.05) is 55.5 Å². The molecule has 0 aliphatic carbocycles. The maximum absolute atomic E-state index is 13.0. The predicted octanol–water partition coefficient (Wildman–Crippen LogP) is 3.19. The number of likely N-dealkylation sites (N-methyl/N-ethyl adjacent to an activating group) is 1. The molecule has 2 aromatic rings. The molecule has 0 fully saturated rings. The van der Waals surface area contributed by atoms with E-state index in [1.54, 1.807) is 19.1 Å². The molecule has 1 unspecified atom stereocenters. The fourth-order valence-electron chi connectivity index (χ4n) is 3.06. The second-order valence-corrected chi connectivity index (χ2v) is 6.69. The molecular weight excluding hydrogens is 368 g/mol. The van der Waals surface area contributed by atoms with Crippen LogP contribution in [0.1, 0.15) is 31.4 Å². The Bertz CT molecular complexity index is 788. The third-order valence-electron chi connectivity index (χ3n) is 4.84. The number of rotatable bonds is 10. The molecule has 6 nitrogen and oxygen atoms in total. The highest BCUT2D eigenvalue weighted by atomic mass is 16.5. The van der Waals surface area contributed by atoms with Crippen LogP contribution in [0.3, 0.4) is 0 Å². The van der Waals surface area contributed by atoms with Crippen molar-refractivity contribution in [1.29, 1.82) is 0 Å². The van der Waals surface area contributed by atoms with Crippen molar-refractivity contribution >= 4 is 11.8 Å². The summed E-state index contributed by atoms with van der Waals surface area (Å²) in [6, 6.07) is 14.6. The van der Waals surface area contributed by atoms with Crippen molar-refractivity contribution in [3.05, 3.63) is 59.7 Å². The number of hydrogen-bond donors (Lipinski definition) is 1. The van der Waals surface area contributed by atoms with Crippen molar-refractivity contribution in [1.82, 2.24) is 10.2 Å². The summed E-state index contributed by atoms with van der Waals surface area (Å²) in [6.45, 7) is 4.15. The fourth-order valence-corrected chi connectivity index (χ4v) is 3.06. The van der Waals surface area contributed by atoms with Gasteiger partial charge in [0.15, 0.2) is 6.61 Å². The number of nitrogens with one attached hydrogen (secondary N) is 1. The number of carbonyl (C=O) groups excluding carboxylic acids is 2. The second kappa shape index (κ2) is 11.1. The van der Waals surface area contributed by atoms with E-state index in [2.05, 4.69) is 12.2 Å². The summed E-state index contributed by atoms with van der Waals surface area (Å²) in [5.74, 6) is 0.939. The highest BCUT2D eigenvalue weighted by Gasteiger charge is 2.28. The topological polar surface area (TPSA) is 67.9 Å². The summed E-state index contributed by atoms with van der Waals surface area (Å²) >= 11 is 0. The number of methoxy groups -OCH3 is 1. The Morgan fingerprint density at radius 1 is 0.966 bits per heavy atom. The molecule has 156 valence electrons. The molecule has 1 atom stereocenters. The number of amides is 2. The summed E-state index contributed by atoms with van der Waals surface area (Å²) in [4.78, 5) is 26.9. The first kappa shape index (κ1) is 22.3. The van der Waals surface area contributed by atoms with Gasteiger partial charge in [-0.3, -0.25) is 9.59 Å². The summed E-state index contributed by atoms with van der Waals surface area (Å²) in [5.41, 5.74) is 2.12. The van der Waals surface area contributed by atoms with E-state index in [9.17, 15) is 9.59 Å². The molecule has 0 saturated carbocycles. The van der Waals surface area contributed by atoms with Crippen molar-refractivity contribution in [3.8, 4) is 11.5 Å². The van der Waals surface area contributed by atoms with E-state index in [0.717, 1.165) is 17.7 Å². The zero-order valence-corrected chi connectivity index (χ0v) is 17.6. The molecule has 0 radical (unpaired) electrons. The highest BCUT2D eigenvalue weighted by Crippen LogP contribution is 2.17. The number of ether oxygens (including phenoxy) is 2. The number of aryl methyl sites for hydroxylation is 1. The lowest BCUT2D eigenvalue weighted by Gasteiger charge is -2.30. The van der Waals surface area contributed by atoms with E-state index in [1.165, 1.54) is 5.56 Å². The smallest absolute Gasteiger partial charge is 0.261 e. The van der Waals surface area contributed by atoms with Crippen LogP contribution in [-0.4, -0.2) is 43.5 Å². The van der Waals surface area contributed by atoms with Gasteiger partial charge in [-0.15, -0.1) is 0 Å². The Morgan fingerprint density at radius 2 is 1.55 bits per heavy atom. The van der Waals surface area contributed by atoms with Crippen LogP contribution >= 0.6 is 0 Å². The van der Waals surface area contributed by atoms with Gasteiger partial charge >= 0.3 is 0 Å². The minimum absolute atomic E-state index is 0.130. The van der Waals surface area contributed by atoms with Gasteiger partial charge in [0.1, 0.15) is 17.5 Å². The molecule has 6 heteroatoms. The van der Waals surface area contributed by atoms with Crippen LogP contribution in [0.15, 0.2) is 48.5 Å². The molecule has 29 heavy (non-hydrogen) atoms. The van der Waals surface area contributed by atoms with Crippen LogP contribution < -0.4 is 14.8 Å². The maximum Gasteiger partial charge on any atom is 0.261 e. The Morgan fingerprint density at radius 3 is 2.07 bits per heavy atom. The van der Waals surface area contributed by atoms with Crippen LogP contribution in [0.25, 0.3) is 0 Å². The Labute approximate surface area is 172 Å². The second-order valence-electron chi connectivity index (χ2n) is 6.69. The van der Waals surface area contributed by atoms with Gasteiger partial charge in [0, 0.05) is 13.6 Å². The molecule has 0 aromatic heterocycles. The minimum atomic E-state index is -0.569. The van der Waals surface area contributed by atoms with Gasteiger partial charge in [0.05, 0.1) is 7.11 Å². The average Bonchev–Trinajstić information content (AvgIpc) is 2.77. The van der Waals surface area contributed by atoms with Crippen LogP contribution in [0, 0.1) is 0 Å². The first-order valence-corrected chi connectivity index (χ1v) is 9.88. The first-order valence-electron chi connectivity index (χ1n) is 9.88. The quantitative estimate of drug-likeness (QED) is 0.667. The standard InChI is InChI=1S/C23H30N2O4/c1-5-17-7-13-20(14-8-17)29-16-22(26)25(21(6-2)23(27)24-3)15-18-9-11-19(28-4)12-10-18/h7-14,21H,5-6,15-16H2,1-4H3,(H,24,27).